The van der Waals surface area contributed by atoms with Crippen LogP contribution < -0.4 is 0 Å². The van der Waals surface area contributed by atoms with Gasteiger partial charge in [-0.1, -0.05) is 54.1 Å². The Morgan fingerprint density at radius 1 is 0.857 bits per heavy atom. The van der Waals surface area contributed by atoms with Gasteiger partial charge in [0.1, 0.15) is 0 Å². The van der Waals surface area contributed by atoms with Crippen molar-refractivity contribution in [2.45, 2.75) is 19.9 Å². The number of aryl methyl sites for hydroxylation is 2. The third kappa shape index (κ3) is 3.20. The SMILES string of the molecule is Cc1ccc(-c2ccc(Cl)cc2)n1CCc1ccccc1. The summed E-state index contributed by atoms with van der Waals surface area (Å²) < 4.78 is 2.37. The van der Waals surface area contributed by atoms with E-state index in [1.54, 1.807) is 0 Å². The fourth-order valence-electron chi connectivity index (χ4n) is 2.62. The quantitative estimate of drug-likeness (QED) is 0.610. The molecule has 0 aliphatic rings. The number of benzene rings is 2. The van der Waals surface area contributed by atoms with E-state index in [2.05, 4.69) is 66.1 Å². The number of rotatable bonds is 4. The summed E-state index contributed by atoms with van der Waals surface area (Å²) in [6.45, 7) is 3.14. The predicted octanol–water partition coefficient (Wildman–Crippen LogP) is 5.36. The lowest BCUT2D eigenvalue weighted by molar-refractivity contribution is 0.688. The Kier molecular flexibility index (Phi) is 4.12. The van der Waals surface area contributed by atoms with E-state index in [0.717, 1.165) is 18.0 Å². The standard InChI is InChI=1S/C19H18ClN/c1-15-7-12-19(17-8-10-18(20)11-9-17)21(15)14-13-16-5-3-2-4-6-16/h2-12H,13-14H2,1H3. The second-order valence-corrected chi connectivity index (χ2v) is 5.69. The van der Waals surface area contributed by atoms with Gasteiger partial charge in [-0.3, -0.25) is 0 Å². The summed E-state index contributed by atoms with van der Waals surface area (Å²) in [5, 5.41) is 0.776. The van der Waals surface area contributed by atoms with Gasteiger partial charge in [-0.25, -0.2) is 0 Å². The van der Waals surface area contributed by atoms with Crippen LogP contribution in [0.2, 0.25) is 5.02 Å². The average molecular weight is 296 g/mol. The number of hydrogen-bond acceptors (Lipinski definition) is 0. The normalized spacial score (nSPS) is 10.8. The predicted molar refractivity (Wildman–Crippen MR) is 89.8 cm³/mol. The minimum Gasteiger partial charge on any atom is -0.345 e. The van der Waals surface area contributed by atoms with Gasteiger partial charge in [0.05, 0.1) is 0 Å². The summed E-state index contributed by atoms with van der Waals surface area (Å²) in [6.07, 6.45) is 1.04. The van der Waals surface area contributed by atoms with E-state index in [-0.39, 0.29) is 0 Å². The molecule has 0 aliphatic heterocycles. The number of halogens is 1. The maximum absolute atomic E-state index is 5.98. The van der Waals surface area contributed by atoms with Gasteiger partial charge < -0.3 is 4.57 Å². The van der Waals surface area contributed by atoms with Crippen LogP contribution in [0, 0.1) is 6.92 Å². The van der Waals surface area contributed by atoms with Crippen molar-refractivity contribution in [3.05, 3.63) is 83.0 Å². The molecule has 0 unspecified atom stereocenters. The first-order valence-electron chi connectivity index (χ1n) is 7.20. The highest BCUT2D eigenvalue weighted by atomic mass is 35.5. The van der Waals surface area contributed by atoms with E-state index in [0.29, 0.717) is 0 Å². The zero-order valence-electron chi connectivity index (χ0n) is 12.1. The Hall–Kier alpha value is -1.99. The summed E-state index contributed by atoms with van der Waals surface area (Å²) >= 11 is 5.98. The van der Waals surface area contributed by atoms with E-state index in [9.17, 15) is 0 Å². The summed E-state index contributed by atoms with van der Waals surface area (Å²) in [4.78, 5) is 0. The first-order valence-corrected chi connectivity index (χ1v) is 7.58. The molecule has 106 valence electrons. The van der Waals surface area contributed by atoms with Crippen molar-refractivity contribution in [3.63, 3.8) is 0 Å². The zero-order chi connectivity index (χ0) is 14.7. The molecule has 3 aromatic rings. The summed E-state index contributed by atoms with van der Waals surface area (Å²) in [6, 6.07) is 23.0. The maximum Gasteiger partial charge on any atom is 0.0482 e. The number of hydrogen-bond donors (Lipinski definition) is 0. The molecule has 2 heteroatoms. The van der Waals surface area contributed by atoms with E-state index < -0.39 is 0 Å². The molecule has 1 heterocycles. The second-order valence-electron chi connectivity index (χ2n) is 5.25. The van der Waals surface area contributed by atoms with Crippen LogP contribution in [0.1, 0.15) is 11.3 Å². The third-order valence-electron chi connectivity index (χ3n) is 3.81. The van der Waals surface area contributed by atoms with Gasteiger partial charge in [0.2, 0.25) is 0 Å². The van der Waals surface area contributed by atoms with E-state index in [4.69, 9.17) is 11.6 Å². The molecule has 2 aromatic carbocycles. The summed E-state index contributed by atoms with van der Waals surface area (Å²) in [5.41, 5.74) is 5.11. The summed E-state index contributed by atoms with van der Waals surface area (Å²) in [5.74, 6) is 0. The molecule has 0 N–H and O–H groups in total. The Balaban J connectivity index is 1.85. The van der Waals surface area contributed by atoms with Crippen molar-refractivity contribution in [1.29, 1.82) is 0 Å². The molecule has 0 saturated carbocycles. The molecule has 1 nitrogen and oxygen atoms in total. The topological polar surface area (TPSA) is 4.93 Å². The minimum atomic E-state index is 0.776. The van der Waals surface area contributed by atoms with Crippen LogP contribution in [0.5, 0.6) is 0 Å². The lowest BCUT2D eigenvalue weighted by atomic mass is 10.1. The highest BCUT2D eigenvalue weighted by Gasteiger charge is 2.07. The molecule has 0 atom stereocenters. The van der Waals surface area contributed by atoms with Crippen LogP contribution >= 0.6 is 11.6 Å². The van der Waals surface area contributed by atoms with E-state index in [1.807, 2.05) is 12.1 Å². The van der Waals surface area contributed by atoms with Gasteiger partial charge in [0, 0.05) is 23.0 Å². The molecule has 0 aliphatic carbocycles. The van der Waals surface area contributed by atoms with Crippen LogP contribution in [0.15, 0.2) is 66.7 Å². The molecular formula is C19H18ClN. The van der Waals surface area contributed by atoms with Crippen LogP contribution in [0.4, 0.5) is 0 Å². The third-order valence-corrected chi connectivity index (χ3v) is 4.06. The van der Waals surface area contributed by atoms with Crippen LogP contribution in [0.25, 0.3) is 11.3 Å². The van der Waals surface area contributed by atoms with E-state index in [1.165, 1.54) is 22.5 Å². The Morgan fingerprint density at radius 2 is 1.57 bits per heavy atom. The van der Waals surface area contributed by atoms with Crippen molar-refractivity contribution in [3.8, 4) is 11.3 Å². The fourth-order valence-corrected chi connectivity index (χ4v) is 2.75. The molecule has 0 saturated heterocycles. The molecule has 0 amide bonds. The Bertz CT molecular complexity index is 711. The lowest BCUT2D eigenvalue weighted by Gasteiger charge is -2.12. The highest BCUT2D eigenvalue weighted by Crippen LogP contribution is 2.24. The maximum atomic E-state index is 5.98. The van der Waals surface area contributed by atoms with Gasteiger partial charge >= 0.3 is 0 Å². The van der Waals surface area contributed by atoms with Crippen molar-refractivity contribution >= 4 is 11.6 Å². The van der Waals surface area contributed by atoms with Gasteiger partial charge in [-0.2, -0.15) is 0 Å². The van der Waals surface area contributed by atoms with Gasteiger partial charge in [0.15, 0.2) is 0 Å². The molecule has 0 spiro atoms. The van der Waals surface area contributed by atoms with Crippen molar-refractivity contribution in [2.75, 3.05) is 0 Å². The average Bonchev–Trinajstić information content (AvgIpc) is 2.88. The van der Waals surface area contributed by atoms with Crippen LogP contribution in [0.3, 0.4) is 0 Å². The molecule has 3 rings (SSSR count). The number of nitrogens with zero attached hydrogens (tertiary/aromatic N) is 1. The van der Waals surface area contributed by atoms with Crippen LogP contribution in [-0.4, -0.2) is 4.57 Å². The van der Waals surface area contributed by atoms with Gasteiger partial charge in [-0.05, 0) is 48.7 Å². The van der Waals surface area contributed by atoms with Gasteiger partial charge in [-0.15, -0.1) is 0 Å². The zero-order valence-corrected chi connectivity index (χ0v) is 12.8. The van der Waals surface area contributed by atoms with Crippen molar-refractivity contribution in [2.24, 2.45) is 0 Å². The molecule has 0 radical (unpaired) electrons. The highest BCUT2D eigenvalue weighted by molar-refractivity contribution is 6.30. The minimum absolute atomic E-state index is 0.776. The summed E-state index contributed by atoms with van der Waals surface area (Å²) in [7, 11) is 0. The fraction of sp³-hybridized carbons (Fsp3) is 0.158. The first kappa shape index (κ1) is 14.0. The molecule has 0 bridgehead atoms. The Morgan fingerprint density at radius 3 is 2.29 bits per heavy atom. The first-order chi connectivity index (χ1) is 10.2. The van der Waals surface area contributed by atoms with Crippen LogP contribution in [-0.2, 0) is 13.0 Å². The number of aromatic nitrogens is 1. The monoisotopic (exact) mass is 295 g/mol. The second kappa shape index (κ2) is 6.19. The smallest absolute Gasteiger partial charge is 0.0482 e. The molecule has 1 aromatic heterocycles. The van der Waals surface area contributed by atoms with Gasteiger partial charge in [0.25, 0.3) is 0 Å². The molecule has 21 heavy (non-hydrogen) atoms. The lowest BCUT2D eigenvalue weighted by Crippen LogP contribution is -2.04. The Labute approximate surface area is 130 Å². The van der Waals surface area contributed by atoms with Crippen molar-refractivity contribution < 1.29 is 0 Å². The largest absolute Gasteiger partial charge is 0.345 e. The van der Waals surface area contributed by atoms with E-state index >= 15 is 0 Å². The molecule has 0 fully saturated rings. The molecular weight excluding hydrogens is 278 g/mol. The van der Waals surface area contributed by atoms with Crippen molar-refractivity contribution in [1.82, 2.24) is 4.57 Å².